The lowest BCUT2D eigenvalue weighted by atomic mass is 9.72. The molecule has 0 aromatic rings. The van der Waals surface area contributed by atoms with Gasteiger partial charge in [-0.1, -0.05) is 27.7 Å². The number of Topliss-reactive ketones (excluding diaryl/α,β-unsaturated/α-hetero) is 1. The lowest BCUT2D eigenvalue weighted by molar-refractivity contribution is -0.163. The normalized spacial score (nSPS) is 31.1. The molecule has 2 aliphatic rings. The van der Waals surface area contributed by atoms with E-state index < -0.39 is 11.4 Å². The summed E-state index contributed by atoms with van der Waals surface area (Å²) in [4.78, 5) is 45.0. The van der Waals surface area contributed by atoms with Gasteiger partial charge in [0.1, 0.15) is 12.0 Å². The Morgan fingerprint density at radius 3 is 2.18 bits per heavy atom. The van der Waals surface area contributed by atoms with E-state index in [1.54, 1.807) is 13.8 Å². The Balaban J connectivity index is 2.21. The van der Waals surface area contributed by atoms with Gasteiger partial charge >= 0.3 is 5.97 Å². The van der Waals surface area contributed by atoms with Crippen LogP contribution in [0.25, 0.3) is 0 Å². The number of hydrogen-bond acceptors (Lipinski definition) is 6. The van der Waals surface area contributed by atoms with Crippen LogP contribution in [0.5, 0.6) is 0 Å². The van der Waals surface area contributed by atoms with Crippen molar-refractivity contribution in [3.8, 4) is 0 Å². The fourth-order valence-electron chi connectivity index (χ4n) is 5.74. The van der Waals surface area contributed by atoms with Crippen LogP contribution in [0, 0.1) is 28.6 Å². The monoisotopic (exact) mass is 465 g/mol. The molecule has 2 heterocycles. The molecular formula is C26H47N3O4. The molecule has 2 saturated heterocycles. The van der Waals surface area contributed by atoms with Gasteiger partial charge in [-0.2, -0.15) is 0 Å². The number of likely N-dealkylation sites (N-methyl/N-ethyl adjacent to an activating group) is 2. The minimum absolute atomic E-state index is 0.000868. The molecule has 0 N–H and O–H groups in total. The van der Waals surface area contributed by atoms with Crippen LogP contribution in [0.15, 0.2) is 0 Å². The van der Waals surface area contributed by atoms with Gasteiger partial charge < -0.3 is 9.64 Å². The van der Waals surface area contributed by atoms with Crippen molar-refractivity contribution in [1.29, 1.82) is 0 Å². The van der Waals surface area contributed by atoms with Crippen LogP contribution in [0.3, 0.4) is 0 Å². The summed E-state index contributed by atoms with van der Waals surface area (Å²) in [6.07, 6.45) is 1.76. The van der Waals surface area contributed by atoms with E-state index in [-0.39, 0.29) is 47.6 Å². The Hall–Kier alpha value is -1.47. The number of rotatable bonds is 3. The van der Waals surface area contributed by atoms with Gasteiger partial charge in [0.05, 0.1) is 6.04 Å². The molecule has 0 spiro atoms. The Bertz CT molecular complexity index is 727. The maximum atomic E-state index is 13.2. The molecule has 0 aromatic carbocycles. The van der Waals surface area contributed by atoms with Crippen molar-refractivity contribution >= 4 is 17.7 Å². The molecule has 0 aromatic heterocycles. The summed E-state index contributed by atoms with van der Waals surface area (Å²) in [5.41, 5.74) is -1.16. The van der Waals surface area contributed by atoms with Crippen LogP contribution in [-0.4, -0.2) is 91.8 Å². The SMILES string of the molecule is C[C@H]1CN(C)[C@@H](C2CN(C(=O)[C@@H](C)N(C)C)C2)COC(=O)C(C)(C)C(=O)[C@H](C)CC(C)(C)C1. The molecule has 7 heteroatoms. The topological polar surface area (TPSA) is 70.2 Å². The van der Waals surface area contributed by atoms with E-state index in [0.717, 1.165) is 19.4 Å². The number of carbonyl (C=O) groups is 3. The molecule has 2 aliphatic heterocycles. The number of hydrogen-bond donors (Lipinski definition) is 0. The van der Waals surface area contributed by atoms with Crippen LogP contribution in [-0.2, 0) is 19.1 Å². The number of cyclic esters (lactones) is 1. The summed E-state index contributed by atoms with van der Waals surface area (Å²) in [5.74, 6) is 0.118. The predicted octanol–water partition coefficient (Wildman–Crippen LogP) is 2.93. The number of ether oxygens (including phenoxy) is 1. The van der Waals surface area contributed by atoms with Crippen LogP contribution in [0.2, 0.25) is 0 Å². The van der Waals surface area contributed by atoms with E-state index in [2.05, 4.69) is 32.7 Å². The first-order valence-electron chi connectivity index (χ1n) is 12.4. The van der Waals surface area contributed by atoms with E-state index in [4.69, 9.17) is 4.74 Å². The van der Waals surface area contributed by atoms with Gasteiger partial charge in [-0.3, -0.25) is 24.2 Å². The quantitative estimate of drug-likeness (QED) is 0.472. The molecule has 7 nitrogen and oxygen atoms in total. The highest BCUT2D eigenvalue weighted by Gasteiger charge is 2.44. The second-order valence-corrected chi connectivity index (χ2v) is 12.3. The lowest BCUT2D eigenvalue weighted by Crippen LogP contribution is -2.62. The zero-order chi connectivity index (χ0) is 25.3. The summed E-state index contributed by atoms with van der Waals surface area (Å²) in [6.45, 7) is 16.4. The minimum Gasteiger partial charge on any atom is -0.463 e. The Morgan fingerprint density at radius 1 is 1.06 bits per heavy atom. The molecule has 4 atom stereocenters. The number of amides is 1. The van der Waals surface area contributed by atoms with Crippen LogP contribution < -0.4 is 0 Å². The van der Waals surface area contributed by atoms with Gasteiger partial charge in [0.2, 0.25) is 5.91 Å². The Labute approximate surface area is 201 Å². The van der Waals surface area contributed by atoms with Crippen molar-refractivity contribution in [3.63, 3.8) is 0 Å². The lowest BCUT2D eigenvalue weighted by Gasteiger charge is -2.47. The van der Waals surface area contributed by atoms with Gasteiger partial charge in [0, 0.05) is 37.5 Å². The molecule has 0 aliphatic carbocycles. The first-order chi connectivity index (χ1) is 15.1. The largest absolute Gasteiger partial charge is 0.463 e. The number of esters is 1. The second kappa shape index (κ2) is 10.4. The van der Waals surface area contributed by atoms with Crippen molar-refractivity contribution in [3.05, 3.63) is 0 Å². The average molecular weight is 466 g/mol. The first-order valence-corrected chi connectivity index (χ1v) is 12.4. The maximum absolute atomic E-state index is 13.2. The number of nitrogens with zero attached hydrogens (tertiary/aromatic N) is 3. The zero-order valence-electron chi connectivity index (χ0n) is 22.6. The zero-order valence-corrected chi connectivity index (χ0v) is 22.6. The number of ketones is 1. The summed E-state index contributed by atoms with van der Waals surface area (Å²) in [6, 6.07) is -0.139. The third-order valence-electron chi connectivity index (χ3n) is 7.78. The van der Waals surface area contributed by atoms with E-state index >= 15 is 0 Å². The molecule has 0 bridgehead atoms. The van der Waals surface area contributed by atoms with Gasteiger partial charge in [0.25, 0.3) is 0 Å². The molecule has 0 saturated carbocycles. The van der Waals surface area contributed by atoms with Crippen molar-refractivity contribution < 1.29 is 19.1 Å². The summed E-state index contributed by atoms with van der Waals surface area (Å²) < 4.78 is 5.79. The summed E-state index contributed by atoms with van der Waals surface area (Å²) in [7, 11) is 5.91. The fourth-order valence-corrected chi connectivity index (χ4v) is 5.74. The standard InChI is InChI=1S/C26H47N3O4/c1-17-11-25(4,5)12-18(2)22(30)26(6,7)24(32)33-16-21(28(10)13-17)20-14-29(15-20)23(31)19(3)27(8)9/h17-21H,11-16H2,1-10H3/t17-,18-,19-,21-/m1/s1. The first kappa shape index (κ1) is 27.8. The Morgan fingerprint density at radius 2 is 1.64 bits per heavy atom. The number of likely N-dealkylation sites (tertiary alicyclic amines) is 1. The minimum atomic E-state index is -1.17. The molecule has 2 fully saturated rings. The summed E-state index contributed by atoms with van der Waals surface area (Å²) >= 11 is 0. The molecular weight excluding hydrogens is 418 g/mol. The maximum Gasteiger partial charge on any atom is 0.319 e. The highest BCUT2D eigenvalue weighted by molar-refractivity contribution is 6.03. The summed E-state index contributed by atoms with van der Waals surface area (Å²) in [5, 5.41) is 0. The molecule has 33 heavy (non-hydrogen) atoms. The molecule has 1 amide bonds. The van der Waals surface area contributed by atoms with Gasteiger partial charge in [-0.25, -0.2) is 0 Å². The Kier molecular flexibility index (Phi) is 8.78. The second-order valence-electron chi connectivity index (χ2n) is 12.3. The molecule has 0 radical (unpaired) electrons. The fraction of sp³-hybridized carbons (Fsp3) is 0.885. The smallest absolute Gasteiger partial charge is 0.319 e. The van der Waals surface area contributed by atoms with Crippen molar-refractivity contribution in [2.45, 2.75) is 73.4 Å². The highest BCUT2D eigenvalue weighted by Crippen LogP contribution is 2.37. The average Bonchev–Trinajstić information content (AvgIpc) is 2.65. The van der Waals surface area contributed by atoms with E-state index in [9.17, 15) is 14.4 Å². The molecule has 2 rings (SSSR count). The van der Waals surface area contributed by atoms with Crippen molar-refractivity contribution in [2.24, 2.45) is 28.6 Å². The third kappa shape index (κ3) is 6.56. The van der Waals surface area contributed by atoms with E-state index in [1.165, 1.54) is 0 Å². The van der Waals surface area contributed by atoms with Gasteiger partial charge in [0.15, 0.2) is 5.78 Å². The van der Waals surface area contributed by atoms with Crippen molar-refractivity contribution in [2.75, 3.05) is 47.4 Å². The van der Waals surface area contributed by atoms with E-state index in [0.29, 0.717) is 19.0 Å². The van der Waals surface area contributed by atoms with Crippen LogP contribution >= 0.6 is 0 Å². The highest BCUT2D eigenvalue weighted by atomic mass is 16.5. The number of carbonyl (C=O) groups excluding carboxylic acids is 3. The third-order valence-corrected chi connectivity index (χ3v) is 7.78. The van der Waals surface area contributed by atoms with Crippen LogP contribution in [0.4, 0.5) is 0 Å². The molecule has 190 valence electrons. The predicted molar refractivity (Wildman–Crippen MR) is 131 cm³/mol. The van der Waals surface area contributed by atoms with Crippen LogP contribution in [0.1, 0.15) is 61.3 Å². The molecule has 0 unspecified atom stereocenters. The van der Waals surface area contributed by atoms with Crippen molar-refractivity contribution in [1.82, 2.24) is 14.7 Å². The van der Waals surface area contributed by atoms with Gasteiger partial charge in [-0.15, -0.1) is 0 Å². The van der Waals surface area contributed by atoms with E-state index in [1.807, 2.05) is 37.7 Å². The van der Waals surface area contributed by atoms with Gasteiger partial charge in [-0.05, 0) is 66.1 Å².